The van der Waals surface area contributed by atoms with E-state index in [4.69, 9.17) is 25.8 Å². The van der Waals surface area contributed by atoms with Crippen LogP contribution in [-0.4, -0.2) is 46.8 Å². The van der Waals surface area contributed by atoms with E-state index < -0.39 is 15.9 Å². The molecule has 0 saturated heterocycles. The van der Waals surface area contributed by atoms with Gasteiger partial charge < -0.3 is 24.5 Å². The number of carbonyl (C=O) groups excluding carboxylic acids is 1. The Morgan fingerprint density at radius 1 is 0.944 bits per heavy atom. The van der Waals surface area contributed by atoms with Gasteiger partial charge in [-0.05, 0) is 36.4 Å². The summed E-state index contributed by atoms with van der Waals surface area (Å²) in [4.78, 5) is 17.2. The van der Waals surface area contributed by atoms with Gasteiger partial charge in [0.15, 0.2) is 15.6 Å². The summed E-state index contributed by atoms with van der Waals surface area (Å²) < 4.78 is 40.7. The Bertz CT molecular complexity index is 1550. The molecule has 3 aromatic carbocycles. The number of rotatable bonds is 9. The summed E-state index contributed by atoms with van der Waals surface area (Å²) in [6.45, 7) is 0. The third kappa shape index (κ3) is 5.12. The minimum Gasteiger partial charge on any atom is -0.497 e. The summed E-state index contributed by atoms with van der Waals surface area (Å²) in [6, 6.07) is 13.9. The van der Waals surface area contributed by atoms with Gasteiger partial charge >= 0.3 is 0 Å². The van der Waals surface area contributed by atoms with Crippen LogP contribution in [0, 0.1) is 0 Å². The van der Waals surface area contributed by atoms with Crippen molar-refractivity contribution in [2.45, 2.75) is 10.9 Å². The normalized spacial score (nSPS) is 12.2. The molecule has 0 radical (unpaired) electrons. The second-order valence-corrected chi connectivity index (χ2v) is 10.6. The molecule has 0 aliphatic carbocycles. The molecule has 0 fully saturated rings. The number of carbonyl (C=O) groups is 1. The van der Waals surface area contributed by atoms with E-state index in [0.29, 0.717) is 44.5 Å². The van der Waals surface area contributed by atoms with Crippen LogP contribution < -0.4 is 19.5 Å². The predicted octanol–water partition coefficient (Wildman–Crippen LogP) is 5.29. The number of halogens is 1. The lowest BCUT2D eigenvalue weighted by Crippen LogP contribution is -2.22. The number of nitrogens with one attached hydrogen (secondary N) is 2. The molecule has 36 heavy (non-hydrogen) atoms. The predicted molar refractivity (Wildman–Crippen MR) is 140 cm³/mol. The number of benzene rings is 3. The summed E-state index contributed by atoms with van der Waals surface area (Å²) in [7, 11) is 0.960. The Hall–Kier alpha value is -3.69. The molecule has 10 heteroatoms. The highest BCUT2D eigenvalue weighted by molar-refractivity contribution is 7.90. The van der Waals surface area contributed by atoms with E-state index in [1.165, 1.54) is 26.4 Å². The van der Waals surface area contributed by atoms with Crippen molar-refractivity contribution in [1.29, 1.82) is 0 Å². The number of anilines is 1. The molecule has 1 aromatic heterocycles. The molecule has 0 aliphatic heterocycles. The number of ketones is 1. The Kier molecular flexibility index (Phi) is 7.14. The van der Waals surface area contributed by atoms with Gasteiger partial charge in [-0.15, -0.1) is 0 Å². The second kappa shape index (κ2) is 10.1. The first-order chi connectivity index (χ1) is 17.1. The number of methoxy groups -OCH3 is 3. The van der Waals surface area contributed by atoms with Gasteiger partial charge in [-0.25, -0.2) is 8.42 Å². The highest BCUT2D eigenvalue weighted by Crippen LogP contribution is 2.36. The van der Waals surface area contributed by atoms with Gasteiger partial charge in [0.25, 0.3) is 0 Å². The topological polar surface area (TPSA) is 107 Å². The maximum Gasteiger partial charge on any atom is 0.191 e. The summed E-state index contributed by atoms with van der Waals surface area (Å²) in [6.07, 6.45) is 2.74. The van der Waals surface area contributed by atoms with E-state index in [0.717, 1.165) is 11.8 Å². The zero-order chi connectivity index (χ0) is 26.0. The van der Waals surface area contributed by atoms with Gasteiger partial charge in [-0.3, -0.25) is 4.79 Å². The number of fused-ring (bicyclic) bond motifs is 1. The number of aromatic amines is 1. The van der Waals surface area contributed by atoms with Crippen molar-refractivity contribution in [2.75, 3.05) is 32.9 Å². The fourth-order valence-electron chi connectivity index (χ4n) is 3.95. The second-order valence-electron chi connectivity index (χ2n) is 8.11. The van der Waals surface area contributed by atoms with E-state index in [2.05, 4.69) is 10.3 Å². The van der Waals surface area contributed by atoms with E-state index >= 15 is 0 Å². The van der Waals surface area contributed by atoms with Crippen molar-refractivity contribution in [3.63, 3.8) is 0 Å². The SMILES string of the molecule is COc1cc(NC(C(=O)c2c[nH]c3cc(OC)ccc23)c2ccc(Cl)cc2OC)cc(S(C)(=O)=O)c1. The number of ether oxygens (including phenoxy) is 3. The standard InChI is InChI=1S/C26H25ClN2O6S/c1-33-17-6-8-20-22(14-28-23(20)13-17)26(30)25(21-7-5-15(27)9-24(21)35-3)29-16-10-18(34-2)12-19(11-16)36(4,31)32/h5-14,25,28-29H,1-4H3. The Labute approximate surface area is 214 Å². The quantitative estimate of drug-likeness (QED) is 0.284. The lowest BCUT2D eigenvalue weighted by molar-refractivity contribution is 0.0970. The molecule has 2 N–H and O–H groups in total. The lowest BCUT2D eigenvalue weighted by atomic mass is 9.95. The van der Waals surface area contributed by atoms with Crippen LogP contribution in [-0.2, 0) is 9.84 Å². The Balaban J connectivity index is 1.86. The van der Waals surface area contributed by atoms with Crippen LogP contribution >= 0.6 is 11.6 Å². The average molecular weight is 529 g/mol. The fraction of sp³-hybridized carbons (Fsp3) is 0.192. The summed E-state index contributed by atoms with van der Waals surface area (Å²) in [5.74, 6) is 1.12. The van der Waals surface area contributed by atoms with Crippen LogP contribution in [0.5, 0.6) is 17.2 Å². The number of aromatic nitrogens is 1. The van der Waals surface area contributed by atoms with E-state index in [-0.39, 0.29) is 10.7 Å². The zero-order valence-electron chi connectivity index (χ0n) is 20.1. The largest absolute Gasteiger partial charge is 0.497 e. The van der Waals surface area contributed by atoms with Crippen LogP contribution in [0.15, 0.2) is 65.7 Å². The highest BCUT2D eigenvalue weighted by Gasteiger charge is 2.28. The van der Waals surface area contributed by atoms with Crippen molar-refractivity contribution >= 4 is 43.8 Å². The first kappa shape index (κ1) is 25.4. The first-order valence-corrected chi connectivity index (χ1v) is 13.1. The monoisotopic (exact) mass is 528 g/mol. The van der Waals surface area contributed by atoms with Crippen LogP contribution in [0.4, 0.5) is 5.69 Å². The van der Waals surface area contributed by atoms with Gasteiger partial charge in [-0.2, -0.15) is 0 Å². The number of Topliss-reactive ketones (excluding diaryl/α,β-unsaturated/α-hetero) is 1. The van der Waals surface area contributed by atoms with Gasteiger partial charge in [0.05, 0.1) is 26.2 Å². The molecule has 0 amide bonds. The molecule has 188 valence electrons. The molecule has 0 spiro atoms. The van der Waals surface area contributed by atoms with Gasteiger partial charge in [0, 0.05) is 57.3 Å². The van der Waals surface area contributed by atoms with Crippen molar-refractivity contribution < 1.29 is 27.4 Å². The molecule has 1 unspecified atom stereocenters. The average Bonchev–Trinajstić information content (AvgIpc) is 3.29. The molecule has 0 bridgehead atoms. The third-order valence-electron chi connectivity index (χ3n) is 5.78. The van der Waals surface area contributed by atoms with Crippen molar-refractivity contribution in [2.24, 2.45) is 0 Å². The fourth-order valence-corrected chi connectivity index (χ4v) is 4.79. The number of hydrogen-bond acceptors (Lipinski definition) is 7. The van der Waals surface area contributed by atoms with Crippen LogP contribution in [0.3, 0.4) is 0 Å². The molecule has 4 rings (SSSR count). The van der Waals surface area contributed by atoms with Crippen molar-refractivity contribution in [3.8, 4) is 17.2 Å². The van der Waals surface area contributed by atoms with Gasteiger partial charge in [-0.1, -0.05) is 17.7 Å². The molecule has 1 heterocycles. The summed E-state index contributed by atoms with van der Waals surface area (Å²) >= 11 is 6.17. The number of hydrogen-bond donors (Lipinski definition) is 2. The molecule has 8 nitrogen and oxygen atoms in total. The number of sulfone groups is 1. The highest BCUT2D eigenvalue weighted by atomic mass is 35.5. The van der Waals surface area contributed by atoms with E-state index in [1.807, 2.05) is 0 Å². The first-order valence-electron chi connectivity index (χ1n) is 10.8. The molecule has 0 saturated carbocycles. The molecule has 4 aromatic rings. The maximum atomic E-state index is 14.0. The number of H-pyrrole nitrogens is 1. The van der Waals surface area contributed by atoms with Crippen LogP contribution in [0.2, 0.25) is 5.02 Å². The van der Waals surface area contributed by atoms with Crippen molar-refractivity contribution in [1.82, 2.24) is 4.98 Å². The smallest absolute Gasteiger partial charge is 0.191 e. The Morgan fingerprint density at radius 2 is 1.69 bits per heavy atom. The lowest BCUT2D eigenvalue weighted by Gasteiger charge is -2.22. The van der Waals surface area contributed by atoms with Gasteiger partial charge in [0.1, 0.15) is 23.3 Å². The molecule has 1 atom stereocenters. The minimum atomic E-state index is -3.54. The summed E-state index contributed by atoms with van der Waals surface area (Å²) in [5.41, 5.74) is 2.08. The van der Waals surface area contributed by atoms with E-state index in [1.54, 1.807) is 55.8 Å². The molecular formula is C26H25ClN2O6S. The van der Waals surface area contributed by atoms with Crippen molar-refractivity contribution in [3.05, 3.63) is 76.9 Å². The van der Waals surface area contributed by atoms with Gasteiger partial charge in [0.2, 0.25) is 0 Å². The summed E-state index contributed by atoms with van der Waals surface area (Å²) in [5, 5.41) is 4.35. The minimum absolute atomic E-state index is 0.0535. The Morgan fingerprint density at radius 3 is 2.36 bits per heavy atom. The maximum absolute atomic E-state index is 14.0. The third-order valence-corrected chi connectivity index (χ3v) is 7.11. The zero-order valence-corrected chi connectivity index (χ0v) is 21.7. The van der Waals surface area contributed by atoms with E-state index in [9.17, 15) is 13.2 Å². The van der Waals surface area contributed by atoms with Crippen LogP contribution in [0.25, 0.3) is 10.9 Å². The molecule has 0 aliphatic rings. The molecular weight excluding hydrogens is 504 g/mol. The van der Waals surface area contributed by atoms with Crippen LogP contribution in [0.1, 0.15) is 22.0 Å².